The smallest absolute Gasteiger partial charge is 0.159 e. The molecular formula is C17H26N2O2. The van der Waals surface area contributed by atoms with Crippen LogP contribution in [-0.2, 0) is 6.54 Å². The maximum absolute atomic E-state index is 11.6. The van der Waals surface area contributed by atoms with Gasteiger partial charge in [-0.05, 0) is 57.4 Å². The van der Waals surface area contributed by atoms with Crippen LogP contribution in [0.5, 0.6) is 5.75 Å². The Morgan fingerprint density at radius 3 is 2.81 bits per heavy atom. The molecule has 0 radical (unpaired) electrons. The van der Waals surface area contributed by atoms with Crippen molar-refractivity contribution in [3.05, 3.63) is 29.3 Å². The molecule has 0 bridgehead atoms. The maximum Gasteiger partial charge on any atom is 0.159 e. The number of rotatable bonds is 5. The maximum atomic E-state index is 11.6. The quantitative estimate of drug-likeness (QED) is 0.846. The van der Waals surface area contributed by atoms with Crippen LogP contribution in [0.25, 0.3) is 0 Å². The van der Waals surface area contributed by atoms with Gasteiger partial charge in [0.2, 0.25) is 0 Å². The van der Waals surface area contributed by atoms with Gasteiger partial charge in [-0.15, -0.1) is 0 Å². The summed E-state index contributed by atoms with van der Waals surface area (Å²) in [6.07, 6.45) is 2.38. The summed E-state index contributed by atoms with van der Waals surface area (Å²) in [4.78, 5) is 14.0. The fourth-order valence-corrected chi connectivity index (χ4v) is 3.02. The van der Waals surface area contributed by atoms with Crippen molar-refractivity contribution in [2.75, 3.05) is 20.2 Å². The number of likely N-dealkylation sites (tertiary alicyclic amines) is 1. The Balaban J connectivity index is 2.20. The summed E-state index contributed by atoms with van der Waals surface area (Å²) in [5.74, 6) is 1.51. The minimum Gasteiger partial charge on any atom is -0.496 e. The zero-order valence-electron chi connectivity index (χ0n) is 13.3. The van der Waals surface area contributed by atoms with Crippen LogP contribution in [0.2, 0.25) is 0 Å². The number of carbonyl (C=O) groups is 1. The number of Topliss-reactive ketones (excluding diaryl/α,β-unsaturated/α-hetero) is 1. The Morgan fingerprint density at radius 2 is 2.19 bits per heavy atom. The van der Waals surface area contributed by atoms with Crippen molar-refractivity contribution in [3.8, 4) is 5.75 Å². The molecule has 4 heteroatoms. The monoisotopic (exact) mass is 290 g/mol. The van der Waals surface area contributed by atoms with Crippen LogP contribution in [0.15, 0.2) is 18.2 Å². The third kappa shape index (κ3) is 3.83. The molecule has 1 aromatic rings. The van der Waals surface area contributed by atoms with E-state index in [4.69, 9.17) is 10.5 Å². The van der Waals surface area contributed by atoms with Crippen LogP contribution in [0.1, 0.15) is 42.6 Å². The van der Waals surface area contributed by atoms with Gasteiger partial charge in [0.25, 0.3) is 0 Å². The number of ketones is 1. The molecule has 0 aliphatic carbocycles. The standard InChI is InChI=1S/C17H26N2O2/c1-12-4-5-14(9-18)10-19(12)11-16-8-15(13(2)20)6-7-17(16)21-3/h6-8,12,14H,4-5,9-11,18H2,1-3H3. The molecule has 4 nitrogen and oxygen atoms in total. The molecule has 0 spiro atoms. The van der Waals surface area contributed by atoms with Crippen LogP contribution in [0.4, 0.5) is 0 Å². The molecule has 1 heterocycles. The molecule has 2 rings (SSSR count). The van der Waals surface area contributed by atoms with Crippen molar-refractivity contribution in [1.82, 2.24) is 4.90 Å². The summed E-state index contributed by atoms with van der Waals surface area (Å²) in [5, 5.41) is 0. The van der Waals surface area contributed by atoms with E-state index in [9.17, 15) is 4.79 Å². The summed E-state index contributed by atoms with van der Waals surface area (Å²) < 4.78 is 5.45. The summed E-state index contributed by atoms with van der Waals surface area (Å²) >= 11 is 0. The average molecular weight is 290 g/mol. The molecule has 2 unspecified atom stereocenters. The number of hydrogen-bond acceptors (Lipinski definition) is 4. The first-order valence-corrected chi connectivity index (χ1v) is 7.67. The molecule has 0 amide bonds. The van der Waals surface area contributed by atoms with Crippen LogP contribution >= 0.6 is 0 Å². The van der Waals surface area contributed by atoms with E-state index in [0.29, 0.717) is 12.0 Å². The van der Waals surface area contributed by atoms with E-state index in [2.05, 4.69) is 11.8 Å². The third-order valence-corrected chi connectivity index (χ3v) is 4.50. The van der Waals surface area contributed by atoms with Crippen molar-refractivity contribution in [1.29, 1.82) is 0 Å². The summed E-state index contributed by atoms with van der Waals surface area (Å²) in [6, 6.07) is 6.21. The fraction of sp³-hybridized carbons (Fsp3) is 0.588. The van der Waals surface area contributed by atoms with Gasteiger partial charge in [-0.3, -0.25) is 9.69 Å². The number of nitrogens with zero attached hydrogens (tertiary/aromatic N) is 1. The van der Waals surface area contributed by atoms with Gasteiger partial charge < -0.3 is 10.5 Å². The van der Waals surface area contributed by atoms with E-state index >= 15 is 0 Å². The van der Waals surface area contributed by atoms with Crippen molar-refractivity contribution < 1.29 is 9.53 Å². The Morgan fingerprint density at radius 1 is 1.43 bits per heavy atom. The number of methoxy groups -OCH3 is 1. The van der Waals surface area contributed by atoms with Crippen LogP contribution in [0, 0.1) is 5.92 Å². The number of hydrogen-bond donors (Lipinski definition) is 1. The number of nitrogens with two attached hydrogens (primary N) is 1. The van der Waals surface area contributed by atoms with E-state index < -0.39 is 0 Å². The topological polar surface area (TPSA) is 55.6 Å². The molecule has 2 N–H and O–H groups in total. The van der Waals surface area contributed by atoms with Gasteiger partial charge in [0.15, 0.2) is 5.78 Å². The second-order valence-corrected chi connectivity index (χ2v) is 6.04. The number of carbonyl (C=O) groups excluding carboxylic acids is 1. The van der Waals surface area contributed by atoms with Gasteiger partial charge in [0, 0.05) is 30.3 Å². The Bertz CT molecular complexity index is 502. The Kier molecular flexibility index (Phi) is 5.37. The van der Waals surface area contributed by atoms with Crippen molar-refractivity contribution in [2.24, 2.45) is 11.7 Å². The lowest BCUT2D eigenvalue weighted by molar-refractivity contribution is 0.101. The normalized spacial score (nSPS) is 23.0. The van der Waals surface area contributed by atoms with Crippen LogP contribution in [0.3, 0.4) is 0 Å². The average Bonchev–Trinajstić information content (AvgIpc) is 2.49. The third-order valence-electron chi connectivity index (χ3n) is 4.50. The molecule has 1 aliphatic heterocycles. The molecule has 21 heavy (non-hydrogen) atoms. The van der Waals surface area contributed by atoms with E-state index in [0.717, 1.165) is 36.5 Å². The molecule has 1 aliphatic rings. The van der Waals surface area contributed by atoms with Gasteiger partial charge in [0.05, 0.1) is 7.11 Å². The highest BCUT2D eigenvalue weighted by atomic mass is 16.5. The number of benzene rings is 1. The van der Waals surface area contributed by atoms with E-state index in [1.807, 2.05) is 18.2 Å². The zero-order chi connectivity index (χ0) is 15.4. The predicted octanol–water partition coefficient (Wildman–Crippen LogP) is 2.46. The molecule has 1 aromatic carbocycles. The van der Waals surface area contributed by atoms with Crippen LogP contribution in [-0.4, -0.2) is 36.9 Å². The minimum atomic E-state index is 0.0884. The summed E-state index contributed by atoms with van der Waals surface area (Å²) in [6.45, 7) is 6.43. The van der Waals surface area contributed by atoms with Gasteiger partial charge in [-0.1, -0.05) is 0 Å². The molecular weight excluding hydrogens is 264 g/mol. The Hall–Kier alpha value is -1.39. The predicted molar refractivity (Wildman–Crippen MR) is 84.6 cm³/mol. The lowest BCUT2D eigenvalue weighted by atomic mass is 9.93. The molecule has 116 valence electrons. The van der Waals surface area contributed by atoms with E-state index in [1.54, 1.807) is 14.0 Å². The van der Waals surface area contributed by atoms with E-state index in [-0.39, 0.29) is 5.78 Å². The lowest BCUT2D eigenvalue weighted by Gasteiger charge is -2.38. The largest absolute Gasteiger partial charge is 0.496 e. The van der Waals surface area contributed by atoms with Gasteiger partial charge >= 0.3 is 0 Å². The molecule has 0 aromatic heterocycles. The first-order chi connectivity index (χ1) is 10.0. The fourth-order valence-electron chi connectivity index (χ4n) is 3.02. The second kappa shape index (κ2) is 7.05. The van der Waals surface area contributed by atoms with Crippen molar-refractivity contribution in [3.63, 3.8) is 0 Å². The minimum absolute atomic E-state index is 0.0884. The lowest BCUT2D eigenvalue weighted by Crippen LogP contribution is -2.43. The number of piperidine rings is 1. The zero-order valence-corrected chi connectivity index (χ0v) is 13.3. The molecule has 2 atom stereocenters. The van der Waals surface area contributed by atoms with E-state index in [1.165, 1.54) is 12.8 Å². The first kappa shape index (κ1) is 16.0. The molecule has 0 saturated carbocycles. The molecule has 1 fully saturated rings. The SMILES string of the molecule is COc1ccc(C(C)=O)cc1CN1CC(CN)CCC1C. The second-order valence-electron chi connectivity index (χ2n) is 6.04. The Labute approximate surface area is 127 Å². The van der Waals surface area contributed by atoms with Crippen molar-refractivity contribution >= 4 is 5.78 Å². The highest BCUT2D eigenvalue weighted by Crippen LogP contribution is 2.27. The molecule has 1 saturated heterocycles. The summed E-state index contributed by atoms with van der Waals surface area (Å²) in [7, 11) is 1.68. The van der Waals surface area contributed by atoms with Crippen molar-refractivity contribution in [2.45, 2.75) is 39.3 Å². The van der Waals surface area contributed by atoms with Gasteiger partial charge in [0.1, 0.15) is 5.75 Å². The highest BCUT2D eigenvalue weighted by Gasteiger charge is 2.25. The highest BCUT2D eigenvalue weighted by molar-refractivity contribution is 5.94. The summed E-state index contributed by atoms with van der Waals surface area (Å²) in [5.41, 5.74) is 7.65. The van der Waals surface area contributed by atoms with Gasteiger partial charge in [-0.25, -0.2) is 0 Å². The first-order valence-electron chi connectivity index (χ1n) is 7.67. The number of ether oxygens (including phenoxy) is 1. The van der Waals surface area contributed by atoms with Gasteiger partial charge in [-0.2, -0.15) is 0 Å². The van der Waals surface area contributed by atoms with Crippen LogP contribution < -0.4 is 10.5 Å².